The molecule has 3 rings (SSSR count). The van der Waals surface area contributed by atoms with Crippen molar-refractivity contribution in [2.24, 2.45) is 5.73 Å². The summed E-state index contributed by atoms with van der Waals surface area (Å²) in [4.78, 5) is 11.7. The molecule has 0 saturated heterocycles. The maximum absolute atomic E-state index is 11.7. The van der Waals surface area contributed by atoms with Crippen molar-refractivity contribution in [1.29, 1.82) is 0 Å². The van der Waals surface area contributed by atoms with Crippen LogP contribution in [-0.2, 0) is 17.8 Å². The van der Waals surface area contributed by atoms with Gasteiger partial charge >= 0.3 is 0 Å². The third kappa shape index (κ3) is 4.53. The number of aromatic nitrogens is 2. The first-order valence-electron chi connectivity index (χ1n) is 8.50. The first-order chi connectivity index (χ1) is 12.5. The van der Waals surface area contributed by atoms with Crippen molar-refractivity contribution in [2.45, 2.75) is 32.9 Å². The summed E-state index contributed by atoms with van der Waals surface area (Å²) in [6, 6.07) is 16.1. The van der Waals surface area contributed by atoms with Crippen molar-refractivity contribution in [2.75, 3.05) is 0 Å². The monoisotopic (exact) mass is 366 g/mol. The van der Waals surface area contributed by atoms with Gasteiger partial charge in [0.25, 0.3) is 0 Å². The average Bonchev–Trinajstić information content (AvgIpc) is 3.11. The largest absolute Gasteiger partial charge is 0.347 e. The summed E-state index contributed by atoms with van der Waals surface area (Å²) >= 11 is 1.51. The molecule has 0 aliphatic rings. The molecule has 1 atom stereocenters. The first-order valence-corrected chi connectivity index (χ1v) is 9.32. The Morgan fingerprint density at radius 1 is 1.15 bits per heavy atom. The van der Waals surface area contributed by atoms with E-state index in [0.29, 0.717) is 13.0 Å². The molecule has 26 heavy (non-hydrogen) atoms. The highest BCUT2D eigenvalue weighted by molar-refractivity contribution is 7.14. The second kappa shape index (κ2) is 8.21. The lowest BCUT2D eigenvalue weighted by Crippen LogP contribution is -2.27. The summed E-state index contributed by atoms with van der Waals surface area (Å²) in [5, 5.41) is 13.3. The molecule has 1 amide bonds. The van der Waals surface area contributed by atoms with Crippen LogP contribution in [0.15, 0.2) is 48.5 Å². The van der Waals surface area contributed by atoms with Gasteiger partial charge in [0.15, 0.2) is 0 Å². The highest BCUT2D eigenvalue weighted by Crippen LogP contribution is 2.29. The van der Waals surface area contributed by atoms with E-state index in [4.69, 9.17) is 5.73 Å². The molecule has 1 unspecified atom stereocenters. The molecule has 6 heteroatoms. The Labute approximate surface area is 157 Å². The number of nitrogens with two attached hydrogens (primary N) is 1. The van der Waals surface area contributed by atoms with E-state index in [1.54, 1.807) is 0 Å². The average molecular weight is 366 g/mol. The van der Waals surface area contributed by atoms with Gasteiger partial charge in [-0.05, 0) is 30.5 Å². The molecule has 3 N–H and O–H groups in total. The van der Waals surface area contributed by atoms with Crippen molar-refractivity contribution < 1.29 is 4.79 Å². The van der Waals surface area contributed by atoms with Crippen LogP contribution in [0.25, 0.3) is 10.6 Å². The molecule has 0 aliphatic heterocycles. The molecule has 0 radical (unpaired) electrons. The second-order valence-corrected chi connectivity index (χ2v) is 7.30. The van der Waals surface area contributed by atoms with Gasteiger partial charge in [-0.2, -0.15) is 0 Å². The Bertz CT molecular complexity index is 889. The maximum Gasteiger partial charge on any atom is 0.217 e. The van der Waals surface area contributed by atoms with E-state index in [2.05, 4.69) is 34.6 Å². The molecule has 0 spiro atoms. The molecule has 1 heterocycles. The lowest BCUT2D eigenvalue weighted by molar-refractivity contribution is -0.119. The fourth-order valence-corrected chi connectivity index (χ4v) is 3.65. The Kier molecular flexibility index (Phi) is 5.75. The normalized spacial score (nSPS) is 12.0. The van der Waals surface area contributed by atoms with Gasteiger partial charge in [-0.15, -0.1) is 10.2 Å². The fourth-order valence-electron chi connectivity index (χ4n) is 2.76. The van der Waals surface area contributed by atoms with Gasteiger partial charge in [0.2, 0.25) is 5.91 Å². The number of aryl methyl sites for hydroxylation is 1. The summed E-state index contributed by atoms with van der Waals surface area (Å²) in [6.07, 6.45) is 0.660. The number of benzene rings is 2. The molecule has 0 saturated carbocycles. The number of rotatable bonds is 6. The van der Waals surface area contributed by atoms with Crippen molar-refractivity contribution in [3.05, 3.63) is 70.2 Å². The Morgan fingerprint density at radius 2 is 1.88 bits per heavy atom. The van der Waals surface area contributed by atoms with Crippen LogP contribution in [0.2, 0.25) is 0 Å². The van der Waals surface area contributed by atoms with Crippen LogP contribution < -0.4 is 11.1 Å². The van der Waals surface area contributed by atoms with Crippen LogP contribution in [0, 0.1) is 6.92 Å². The zero-order valence-corrected chi connectivity index (χ0v) is 15.7. The summed E-state index contributed by atoms with van der Waals surface area (Å²) in [5.74, 6) is -0.0825. The quantitative estimate of drug-likeness (QED) is 0.701. The predicted molar refractivity (Wildman–Crippen MR) is 105 cm³/mol. The van der Waals surface area contributed by atoms with Gasteiger partial charge in [-0.25, -0.2) is 0 Å². The molecule has 3 aromatic rings. The smallest absolute Gasteiger partial charge is 0.217 e. The Hall–Kier alpha value is -2.57. The van der Waals surface area contributed by atoms with Gasteiger partial charge in [0.1, 0.15) is 10.0 Å². The SMILES string of the molecule is CC(=O)NC(Cc1ccc(CN)cc1)c1nnc(-c2cccc(C)c2)s1. The van der Waals surface area contributed by atoms with E-state index in [9.17, 15) is 4.79 Å². The third-order valence-corrected chi connectivity index (χ3v) is 5.17. The lowest BCUT2D eigenvalue weighted by Gasteiger charge is -2.15. The minimum atomic E-state index is -0.202. The molecule has 5 nitrogen and oxygen atoms in total. The van der Waals surface area contributed by atoms with E-state index in [-0.39, 0.29) is 11.9 Å². The van der Waals surface area contributed by atoms with E-state index >= 15 is 0 Å². The predicted octanol–water partition coefficient (Wildman–Crippen LogP) is 3.39. The molecule has 2 aromatic carbocycles. The molecule has 0 aliphatic carbocycles. The molecule has 134 valence electrons. The Balaban J connectivity index is 1.84. The summed E-state index contributed by atoms with van der Waals surface area (Å²) in [5.41, 5.74) is 10.1. The van der Waals surface area contributed by atoms with E-state index in [1.807, 2.05) is 36.4 Å². The summed E-state index contributed by atoms with van der Waals surface area (Å²) in [6.45, 7) is 4.09. The molecule has 1 aromatic heterocycles. The number of carbonyl (C=O) groups excluding carboxylic acids is 1. The Morgan fingerprint density at radius 3 is 2.54 bits per heavy atom. The number of nitrogens with one attached hydrogen (secondary N) is 1. The highest BCUT2D eigenvalue weighted by atomic mass is 32.1. The van der Waals surface area contributed by atoms with Gasteiger partial charge in [-0.3, -0.25) is 4.79 Å². The first kappa shape index (κ1) is 18.2. The topological polar surface area (TPSA) is 80.9 Å². The van der Waals surface area contributed by atoms with Gasteiger partial charge in [0.05, 0.1) is 6.04 Å². The minimum Gasteiger partial charge on any atom is -0.347 e. The minimum absolute atomic E-state index is 0.0825. The highest BCUT2D eigenvalue weighted by Gasteiger charge is 2.19. The van der Waals surface area contributed by atoms with Crippen molar-refractivity contribution in [3.63, 3.8) is 0 Å². The van der Waals surface area contributed by atoms with Crippen LogP contribution >= 0.6 is 11.3 Å². The van der Waals surface area contributed by atoms with Crippen LogP contribution in [-0.4, -0.2) is 16.1 Å². The maximum atomic E-state index is 11.7. The van der Waals surface area contributed by atoms with Crippen LogP contribution in [0.5, 0.6) is 0 Å². The number of carbonyl (C=O) groups is 1. The number of hydrogen-bond acceptors (Lipinski definition) is 5. The molecule has 0 bridgehead atoms. The molecular weight excluding hydrogens is 344 g/mol. The van der Waals surface area contributed by atoms with E-state index < -0.39 is 0 Å². The van der Waals surface area contributed by atoms with E-state index in [1.165, 1.54) is 23.8 Å². The zero-order valence-electron chi connectivity index (χ0n) is 14.9. The molecular formula is C20H22N4OS. The number of amides is 1. The second-order valence-electron chi connectivity index (χ2n) is 6.29. The number of nitrogens with zero attached hydrogens (tertiary/aromatic N) is 2. The standard InChI is InChI=1S/C20H22N4OS/c1-13-4-3-5-17(10-13)19-23-24-20(26-19)18(22-14(2)25)11-15-6-8-16(12-21)9-7-15/h3-10,18H,11-12,21H2,1-2H3,(H,22,25). The van der Waals surface area contributed by atoms with E-state index in [0.717, 1.165) is 26.7 Å². The van der Waals surface area contributed by atoms with Crippen molar-refractivity contribution >= 4 is 17.2 Å². The van der Waals surface area contributed by atoms with Crippen molar-refractivity contribution in [1.82, 2.24) is 15.5 Å². The van der Waals surface area contributed by atoms with Crippen LogP contribution in [0.3, 0.4) is 0 Å². The fraction of sp³-hybridized carbons (Fsp3) is 0.250. The van der Waals surface area contributed by atoms with Crippen molar-refractivity contribution in [3.8, 4) is 10.6 Å². The van der Waals surface area contributed by atoms with Crippen LogP contribution in [0.4, 0.5) is 0 Å². The number of hydrogen-bond donors (Lipinski definition) is 2. The summed E-state index contributed by atoms with van der Waals surface area (Å²) in [7, 11) is 0. The van der Waals surface area contributed by atoms with Gasteiger partial charge < -0.3 is 11.1 Å². The zero-order chi connectivity index (χ0) is 18.5. The molecule has 0 fully saturated rings. The van der Waals surface area contributed by atoms with Crippen LogP contribution in [0.1, 0.15) is 34.7 Å². The van der Waals surface area contributed by atoms with Gasteiger partial charge in [0, 0.05) is 19.0 Å². The van der Waals surface area contributed by atoms with Gasteiger partial charge in [-0.1, -0.05) is 59.4 Å². The lowest BCUT2D eigenvalue weighted by atomic mass is 10.0. The summed E-state index contributed by atoms with van der Waals surface area (Å²) < 4.78 is 0. The third-order valence-electron chi connectivity index (χ3n) is 4.08.